The van der Waals surface area contributed by atoms with Gasteiger partial charge in [0.1, 0.15) is 5.60 Å². The fourth-order valence-corrected chi connectivity index (χ4v) is 2.81. The fraction of sp³-hybridized carbons (Fsp3) is 0.933. The zero-order chi connectivity index (χ0) is 14.6. The summed E-state index contributed by atoms with van der Waals surface area (Å²) in [5, 5.41) is 2.97. The number of carbonyl (C=O) groups is 1. The van der Waals surface area contributed by atoms with Crippen molar-refractivity contribution in [2.24, 2.45) is 0 Å². The standard InChI is InChI=1S/C15H28N2O3/c1-15(2,3)20-14(18)16-12-6-8-17(9-7-12)11-13-5-4-10-19-13/h12-13H,4-11H2,1-3H3,(H,16,18)/t13-/m0/s1. The molecule has 20 heavy (non-hydrogen) atoms. The Morgan fingerprint density at radius 2 is 2.00 bits per heavy atom. The lowest BCUT2D eigenvalue weighted by Crippen LogP contribution is -2.47. The first-order valence-electron chi connectivity index (χ1n) is 7.76. The molecule has 5 heteroatoms. The van der Waals surface area contributed by atoms with E-state index in [1.807, 2.05) is 20.8 Å². The van der Waals surface area contributed by atoms with Gasteiger partial charge in [-0.2, -0.15) is 0 Å². The van der Waals surface area contributed by atoms with Gasteiger partial charge < -0.3 is 19.7 Å². The van der Waals surface area contributed by atoms with Crippen molar-refractivity contribution in [1.29, 1.82) is 0 Å². The predicted molar refractivity (Wildman–Crippen MR) is 77.8 cm³/mol. The van der Waals surface area contributed by atoms with Gasteiger partial charge in [0.15, 0.2) is 0 Å². The highest BCUT2D eigenvalue weighted by Gasteiger charge is 2.26. The molecule has 0 unspecified atom stereocenters. The maximum Gasteiger partial charge on any atom is 0.407 e. The number of alkyl carbamates (subject to hydrolysis) is 1. The van der Waals surface area contributed by atoms with Gasteiger partial charge in [0.05, 0.1) is 6.10 Å². The lowest BCUT2D eigenvalue weighted by atomic mass is 10.0. The van der Waals surface area contributed by atoms with Crippen molar-refractivity contribution in [3.8, 4) is 0 Å². The molecule has 5 nitrogen and oxygen atoms in total. The molecule has 2 saturated heterocycles. The molecule has 1 amide bonds. The molecule has 2 fully saturated rings. The van der Waals surface area contributed by atoms with Crippen molar-refractivity contribution < 1.29 is 14.3 Å². The van der Waals surface area contributed by atoms with E-state index in [1.54, 1.807) is 0 Å². The molecule has 0 aromatic carbocycles. The quantitative estimate of drug-likeness (QED) is 0.863. The van der Waals surface area contributed by atoms with Gasteiger partial charge in [-0.1, -0.05) is 0 Å². The van der Waals surface area contributed by atoms with Crippen molar-refractivity contribution in [3.63, 3.8) is 0 Å². The molecule has 0 spiro atoms. The van der Waals surface area contributed by atoms with Crippen LogP contribution in [0.3, 0.4) is 0 Å². The van der Waals surface area contributed by atoms with E-state index in [9.17, 15) is 4.79 Å². The third-order valence-corrected chi connectivity index (χ3v) is 3.79. The summed E-state index contributed by atoms with van der Waals surface area (Å²) in [7, 11) is 0. The molecule has 2 aliphatic rings. The minimum Gasteiger partial charge on any atom is -0.444 e. The number of nitrogens with one attached hydrogen (secondary N) is 1. The Morgan fingerprint density at radius 1 is 1.30 bits per heavy atom. The summed E-state index contributed by atoms with van der Waals surface area (Å²) >= 11 is 0. The number of hydrogen-bond acceptors (Lipinski definition) is 4. The Hall–Kier alpha value is -0.810. The molecule has 0 aromatic rings. The fourth-order valence-electron chi connectivity index (χ4n) is 2.81. The zero-order valence-corrected chi connectivity index (χ0v) is 13.0. The van der Waals surface area contributed by atoms with Gasteiger partial charge in [-0.15, -0.1) is 0 Å². The molecule has 0 saturated carbocycles. The largest absolute Gasteiger partial charge is 0.444 e. The van der Waals surface area contributed by atoms with E-state index in [1.165, 1.54) is 12.8 Å². The summed E-state index contributed by atoms with van der Waals surface area (Å²) in [6, 6.07) is 0.241. The molecule has 1 atom stereocenters. The summed E-state index contributed by atoms with van der Waals surface area (Å²) < 4.78 is 11.0. The molecule has 2 heterocycles. The van der Waals surface area contributed by atoms with Crippen molar-refractivity contribution >= 4 is 6.09 Å². The number of amides is 1. The molecular weight excluding hydrogens is 256 g/mol. The Kier molecular flexibility index (Phi) is 5.27. The van der Waals surface area contributed by atoms with Crippen LogP contribution in [0.4, 0.5) is 4.79 Å². The number of ether oxygens (including phenoxy) is 2. The van der Waals surface area contributed by atoms with Gasteiger partial charge in [-0.3, -0.25) is 0 Å². The van der Waals surface area contributed by atoms with Crippen LogP contribution in [0, 0.1) is 0 Å². The molecular formula is C15H28N2O3. The van der Waals surface area contributed by atoms with Crippen LogP contribution in [0.15, 0.2) is 0 Å². The predicted octanol–water partition coefficient (Wildman–Crippen LogP) is 2.15. The molecule has 116 valence electrons. The first kappa shape index (κ1) is 15.6. The highest BCUT2D eigenvalue weighted by molar-refractivity contribution is 5.68. The van der Waals surface area contributed by atoms with Crippen molar-refractivity contribution in [2.75, 3.05) is 26.2 Å². The lowest BCUT2D eigenvalue weighted by molar-refractivity contribution is 0.0433. The Morgan fingerprint density at radius 3 is 2.55 bits per heavy atom. The van der Waals surface area contributed by atoms with E-state index in [-0.39, 0.29) is 12.1 Å². The summed E-state index contributed by atoms with van der Waals surface area (Å²) in [4.78, 5) is 14.2. The molecule has 2 aliphatic heterocycles. The van der Waals surface area contributed by atoms with Gasteiger partial charge in [0.25, 0.3) is 0 Å². The lowest BCUT2D eigenvalue weighted by Gasteiger charge is -2.33. The van der Waals surface area contributed by atoms with Crippen LogP contribution >= 0.6 is 0 Å². The second kappa shape index (κ2) is 6.76. The maximum atomic E-state index is 11.7. The van der Waals surface area contributed by atoms with Crippen molar-refractivity contribution in [1.82, 2.24) is 10.2 Å². The van der Waals surface area contributed by atoms with Gasteiger partial charge in [0.2, 0.25) is 0 Å². The van der Waals surface area contributed by atoms with Crippen LogP contribution in [0.25, 0.3) is 0 Å². The van der Waals surface area contributed by atoms with Gasteiger partial charge in [-0.25, -0.2) is 4.79 Å². The van der Waals surface area contributed by atoms with Crippen LogP contribution in [0.5, 0.6) is 0 Å². The second-order valence-corrected chi connectivity index (χ2v) is 6.86. The number of likely N-dealkylation sites (tertiary alicyclic amines) is 1. The van der Waals surface area contributed by atoms with Crippen LogP contribution in [0.2, 0.25) is 0 Å². The number of piperidine rings is 1. The van der Waals surface area contributed by atoms with E-state index >= 15 is 0 Å². The van der Waals surface area contributed by atoms with Gasteiger partial charge in [0, 0.05) is 32.3 Å². The van der Waals surface area contributed by atoms with E-state index in [0.717, 1.165) is 39.1 Å². The Balaban J connectivity index is 1.64. The molecule has 0 aliphatic carbocycles. The van der Waals surface area contributed by atoms with Gasteiger partial charge in [-0.05, 0) is 46.5 Å². The average molecular weight is 284 g/mol. The number of hydrogen-bond donors (Lipinski definition) is 1. The topological polar surface area (TPSA) is 50.8 Å². The van der Waals surface area contributed by atoms with Gasteiger partial charge >= 0.3 is 6.09 Å². The van der Waals surface area contributed by atoms with Crippen LogP contribution in [-0.4, -0.2) is 55.0 Å². The highest BCUT2D eigenvalue weighted by Crippen LogP contribution is 2.17. The number of carbonyl (C=O) groups excluding carboxylic acids is 1. The first-order chi connectivity index (χ1) is 9.42. The number of nitrogens with zero attached hydrogens (tertiary/aromatic N) is 1. The normalized spacial score (nSPS) is 25.6. The van der Waals surface area contributed by atoms with E-state index in [2.05, 4.69) is 10.2 Å². The summed E-state index contributed by atoms with van der Waals surface area (Å²) in [5.41, 5.74) is -0.426. The monoisotopic (exact) mass is 284 g/mol. The summed E-state index contributed by atoms with van der Waals surface area (Å²) in [6.45, 7) is 9.67. The average Bonchev–Trinajstić information content (AvgIpc) is 2.82. The van der Waals surface area contributed by atoms with E-state index in [0.29, 0.717) is 6.10 Å². The third-order valence-electron chi connectivity index (χ3n) is 3.79. The molecule has 0 radical (unpaired) electrons. The molecule has 0 bridgehead atoms. The smallest absolute Gasteiger partial charge is 0.407 e. The van der Waals surface area contributed by atoms with Crippen LogP contribution < -0.4 is 5.32 Å². The van der Waals surface area contributed by atoms with Crippen LogP contribution in [0.1, 0.15) is 46.5 Å². The second-order valence-electron chi connectivity index (χ2n) is 6.86. The molecule has 2 rings (SSSR count). The first-order valence-corrected chi connectivity index (χ1v) is 7.76. The SMILES string of the molecule is CC(C)(C)OC(=O)NC1CCN(C[C@@H]2CCCO2)CC1. The zero-order valence-electron chi connectivity index (χ0n) is 13.0. The minimum atomic E-state index is -0.426. The number of rotatable bonds is 3. The third kappa shape index (κ3) is 5.29. The minimum absolute atomic E-state index is 0.241. The highest BCUT2D eigenvalue weighted by atomic mass is 16.6. The summed E-state index contributed by atoms with van der Waals surface area (Å²) in [6.07, 6.45) is 4.50. The Bertz CT molecular complexity index is 314. The Labute approximate surface area is 122 Å². The van der Waals surface area contributed by atoms with Crippen LogP contribution in [-0.2, 0) is 9.47 Å². The summed E-state index contributed by atoms with van der Waals surface area (Å²) in [5.74, 6) is 0. The van der Waals surface area contributed by atoms with E-state index < -0.39 is 5.60 Å². The van der Waals surface area contributed by atoms with E-state index in [4.69, 9.17) is 9.47 Å². The van der Waals surface area contributed by atoms with Crippen molar-refractivity contribution in [3.05, 3.63) is 0 Å². The maximum absolute atomic E-state index is 11.7. The molecule has 0 aromatic heterocycles. The molecule has 1 N–H and O–H groups in total. The van der Waals surface area contributed by atoms with Crippen molar-refractivity contribution in [2.45, 2.75) is 64.2 Å².